The van der Waals surface area contributed by atoms with Gasteiger partial charge < -0.3 is 24.6 Å². The molecule has 1 atom stereocenters. The van der Waals surface area contributed by atoms with Gasteiger partial charge in [0, 0.05) is 61.5 Å². The first kappa shape index (κ1) is 26.4. The standard InChI is InChI=1S/C33H43N3O3/c1-23-9-11-28-29(20-23)35(16-15-34-14-5-6-24(22-34)13-19-37)17-18-36-30-21-26(33(38)39)10-12-27(30)31(32(28)36)25-7-3-2-4-8-25/h9-12,20-21,24-25,37H,2-8,13-19,22H2,1H3,(H,38,39)/t24-/m0/s1. The van der Waals surface area contributed by atoms with Gasteiger partial charge in [-0.15, -0.1) is 0 Å². The second kappa shape index (κ2) is 11.3. The molecule has 1 aromatic heterocycles. The van der Waals surface area contributed by atoms with Crippen molar-refractivity contribution in [3.63, 3.8) is 0 Å². The number of anilines is 1. The lowest BCUT2D eigenvalue weighted by atomic mass is 9.81. The number of carbonyl (C=O) groups is 1. The topological polar surface area (TPSA) is 68.9 Å². The molecule has 39 heavy (non-hydrogen) atoms. The van der Waals surface area contributed by atoms with E-state index < -0.39 is 5.97 Å². The Morgan fingerprint density at radius 1 is 0.949 bits per heavy atom. The number of aliphatic hydroxyl groups is 1. The first-order chi connectivity index (χ1) is 19.0. The van der Waals surface area contributed by atoms with Crippen molar-refractivity contribution < 1.29 is 15.0 Å². The number of aromatic nitrogens is 1. The molecule has 0 bridgehead atoms. The zero-order valence-electron chi connectivity index (χ0n) is 23.4. The van der Waals surface area contributed by atoms with Crippen LogP contribution < -0.4 is 4.90 Å². The molecule has 6 nitrogen and oxygen atoms in total. The smallest absolute Gasteiger partial charge is 0.335 e. The average molecular weight is 530 g/mol. The van der Waals surface area contributed by atoms with Crippen LogP contribution in [0.1, 0.15) is 78.8 Å². The molecule has 2 aromatic carbocycles. The van der Waals surface area contributed by atoms with Crippen LogP contribution in [0.15, 0.2) is 36.4 Å². The fourth-order valence-corrected chi connectivity index (χ4v) is 7.55. The number of aromatic carboxylic acids is 1. The Balaban J connectivity index is 1.40. The molecule has 208 valence electrons. The number of carboxylic acids is 1. The molecule has 1 aliphatic carbocycles. The molecule has 2 fully saturated rings. The minimum atomic E-state index is -0.862. The third-order valence-electron chi connectivity index (χ3n) is 9.53. The molecule has 0 spiro atoms. The highest BCUT2D eigenvalue weighted by molar-refractivity contribution is 5.99. The largest absolute Gasteiger partial charge is 0.478 e. The third-order valence-corrected chi connectivity index (χ3v) is 9.53. The van der Waals surface area contributed by atoms with Crippen molar-refractivity contribution in [3.05, 3.63) is 53.1 Å². The molecular weight excluding hydrogens is 486 g/mol. The highest BCUT2D eigenvalue weighted by atomic mass is 16.4. The van der Waals surface area contributed by atoms with E-state index in [4.69, 9.17) is 0 Å². The maximum absolute atomic E-state index is 11.9. The van der Waals surface area contributed by atoms with Gasteiger partial charge in [-0.1, -0.05) is 37.5 Å². The molecule has 6 rings (SSSR count). The Morgan fingerprint density at radius 3 is 2.59 bits per heavy atom. The first-order valence-electron chi connectivity index (χ1n) is 15.1. The summed E-state index contributed by atoms with van der Waals surface area (Å²) in [7, 11) is 0. The van der Waals surface area contributed by atoms with Gasteiger partial charge in [-0.25, -0.2) is 4.79 Å². The molecule has 3 aliphatic rings. The van der Waals surface area contributed by atoms with Crippen molar-refractivity contribution >= 4 is 22.6 Å². The zero-order valence-corrected chi connectivity index (χ0v) is 23.4. The van der Waals surface area contributed by atoms with E-state index in [1.54, 1.807) is 6.07 Å². The van der Waals surface area contributed by atoms with E-state index in [1.807, 2.05) is 6.07 Å². The predicted octanol–water partition coefficient (Wildman–Crippen LogP) is 6.28. The lowest BCUT2D eigenvalue weighted by molar-refractivity contribution is 0.0697. The Bertz CT molecular complexity index is 1340. The number of benzene rings is 2. The third kappa shape index (κ3) is 5.21. The van der Waals surface area contributed by atoms with E-state index in [2.05, 4.69) is 45.6 Å². The number of carboxylic acid groups (broad SMARTS) is 1. The predicted molar refractivity (Wildman–Crippen MR) is 158 cm³/mol. The van der Waals surface area contributed by atoms with E-state index in [1.165, 1.54) is 78.4 Å². The number of aryl methyl sites for hydroxylation is 1. The van der Waals surface area contributed by atoms with Crippen molar-refractivity contribution in [1.29, 1.82) is 0 Å². The number of hydrogen-bond acceptors (Lipinski definition) is 4. The summed E-state index contributed by atoms with van der Waals surface area (Å²) >= 11 is 0. The number of fused-ring (bicyclic) bond motifs is 5. The number of rotatable bonds is 7. The monoisotopic (exact) mass is 529 g/mol. The number of hydrogen-bond donors (Lipinski definition) is 2. The van der Waals surface area contributed by atoms with Crippen molar-refractivity contribution in [3.8, 4) is 11.3 Å². The zero-order chi connectivity index (χ0) is 26.9. The normalized spacial score (nSPS) is 20.6. The number of nitrogens with zero attached hydrogens (tertiary/aromatic N) is 3. The van der Waals surface area contributed by atoms with Gasteiger partial charge in [0.25, 0.3) is 0 Å². The van der Waals surface area contributed by atoms with Crippen LogP contribution in [0.5, 0.6) is 0 Å². The minimum Gasteiger partial charge on any atom is -0.478 e. The van der Waals surface area contributed by atoms with E-state index in [-0.39, 0.29) is 6.61 Å². The van der Waals surface area contributed by atoms with Gasteiger partial charge in [0.1, 0.15) is 0 Å². The molecule has 3 aromatic rings. The van der Waals surface area contributed by atoms with Gasteiger partial charge >= 0.3 is 5.97 Å². The summed E-state index contributed by atoms with van der Waals surface area (Å²) in [6.45, 7) is 8.47. The van der Waals surface area contributed by atoms with Crippen molar-refractivity contribution in [2.45, 2.75) is 70.8 Å². The summed E-state index contributed by atoms with van der Waals surface area (Å²) in [6.07, 6.45) is 9.62. The maximum Gasteiger partial charge on any atom is 0.335 e. The Labute approximate surface area is 232 Å². The molecule has 6 heteroatoms. The number of likely N-dealkylation sites (tertiary alicyclic amines) is 1. The van der Waals surface area contributed by atoms with E-state index in [0.717, 1.165) is 51.2 Å². The SMILES string of the molecule is Cc1ccc2c(c1)N(CCN1CCC[C@@H](CCO)C1)CCn1c-2c(C2CCCCC2)c2ccc(C(=O)O)cc21. The fourth-order valence-electron chi connectivity index (χ4n) is 7.55. The molecular formula is C33H43N3O3. The molecule has 1 saturated heterocycles. The second-order valence-corrected chi connectivity index (χ2v) is 12.1. The highest BCUT2D eigenvalue weighted by Gasteiger charge is 2.31. The van der Waals surface area contributed by atoms with Crippen LogP contribution >= 0.6 is 0 Å². The van der Waals surface area contributed by atoms with Crippen LogP contribution in [0, 0.1) is 12.8 Å². The summed E-state index contributed by atoms with van der Waals surface area (Å²) in [5.74, 6) is 0.265. The molecule has 2 aliphatic heterocycles. The lowest BCUT2D eigenvalue weighted by Crippen LogP contribution is -2.41. The molecule has 3 heterocycles. The van der Waals surface area contributed by atoms with E-state index in [0.29, 0.717) is 17.4 Å². The van der Waals surface area contributed by atoms with Crippen molar-refractivity contribution in [2.24, 2.45) is 5.92 Å². The quantitative estimate of drug-likeness (QED) is 0.377. The Kier molecular flexibility index (Phi) is 7.68. The average Bonchev–Trinajstić information content (AvgIpc) is 3.18. The number of piperidine rings is 1. The van der Waals surface area contributed by atoms with Crippen molar-refractivity contribution in [2.75, 3.05) is 44.2 Å². The molecule has 1 saturated carbocycles. The first-order valence-corrected chi connectivity index (χ1v) is 15.1. The summed E-state index contributed by atoms with van der Waals surface area (Å²) in [4.78, 5) is 17.1. The van der Waals surface area contributed by atoms with Gasteiger partial charge in [-0.05, 0) is 86.7 Å². The molecule has 0 amide bonds. The fraction of sp³-hybridized carbons (Fsp3) is 0.545. The second-order valence-electron chi connectivity index (χ2n) is 12.1. The maximum atomic E-state index is 11.9. The lowest BCUT2D eigenvalue weighted by Gasteiger charge is -2.35. The molecule has 2 N–H and O–H groups in total. The molecule has 0 radical (unpaired) electrons. The number of aliphatic hydroxyl groups excluding tert-OH is 1. The van der Waals surface area contributed by atoms with E-state index >= 15 is 0 Å². The van der Waals surface area contributed by atoms with Gasteiger partial charge in [-0.2, -0.15) is 0 Å². The van der Waals surface area contributed by atoms with Crippen LogP contribution in [-0.2, 0) is 6.54 Å². The van der Waals surface area contributed by atoms with Crippen LogP contribution in [0.3, 0.4) is 0 Å². The van der Waals surface area contributed by atoms with Crippen LogP contribution in [-0.4, -0.2) is 65.0 Å². The summed E-state index contributed by atoms with van der Waals surface area (Å²) < 4.78 is 2.44. The van der Waals surface area contributed by atoms with Crippen molar-refractivity contribution in [1.82, 2.24) is 9.47 Å². The van der Waals surface area contributed by atoms with Gasteiger partial charge in [0.2, 0.25) is 0 Å². The Morgan fingerprint density at radius 2 is 1.79 bits per heavy atom. The minimum absolute atomic E-state index is 0.288. The summed E-state index contributed by atoms with van der Waals surface area (Å²) in [5, 5.41) is 20.5. The van der Waals surface area contributed by atoms with Crippen LogP contribution in [0.25, 0.3) is 22.2 Å². The van der Waals surface area contributed by atoms with Crippen LogP contribution in [0.2, 0.25) is 0 Å². The summed E-state index contributed by atoms with van der Waals surface area (Å²) in [5.41, 5.74) is 8.08. The summed E-state index contributed by atoms with van der Waals surface area (Å²) in [6, 6.07) is 12.7. The van der Waals surface area contributed by atoms with Crippen LogP contribution in [0.4, 0.5) is 5.69 Å². The van der Waals surface area contributed by atoms with Gasteiger partial charge in [0.05, 0.1) is 11.3 Å². The van der Waals surface area contributed by atoms with Gasteiger partial charge in [-0.3, -0.25) is 0 Å². The van der Waals surface area contributed by atoms with Gasteiger partial charge in [0.15, 0.2) is 0 Å². The Hall–Kier alpha value is -2.83. The molecule has 0 unspecified atom stereocenters. The highest BCUT2D eigenvalue weighted by Crippen LogP contribution is 2.47. The van der Waals surface area contributed by atoms with E-state index in [9.17, 15) is 15.0 Å².